The fourth-order valence-corrected chi connectivity index (χ4v) is 5.25. The fraction of sp³-hybridized carbons (Fsp3) is 0.526. The van der Waals surface area contributed by atoms with Crippen LogP contribution >= 0.6 is 0 Å². The molecule has 3 atom stereocenters. The summed E-state index contributed by atoms with van der Waals surface area (Å²) in [6.45, 7) is 0.745. The minimum atomic E-state index is -0.687. The molecule has 0 radical (unpaired) electrons. The van der Waals surface area contributed by atoms with Crippen LogP contribution in [0.5, 0.6) is 11.5 Å². The number of piperidine rings is 1. The minimum Gasteiger partial charge on any atom is -0.504 e. The second-order valence-corrected chi connectivity index (χ2v) is 7.58. The second kappa shape index (κ2) is 5.95. The molecule has 0 amide bonds. The van der Waals surface area contributed by atoms with E-state index in [1.165, 1.54) is 20.3 Å². The van der Waals surface area contributed by atoms with Gasteiger partial charge in [0.1, 0.15) is 0 Å². The molecule has 8 heteroatoms. The number of nitrogens with zero attached hydrogens (tertiary/aromatic N) is 2. The monoisotopic (exact) mass is 374 g/mol. The predicted molar refractivity (Wildman–Crippen MR) is 95.9 cm³/mol. The Balaban J connectivity index is 2.05. The van der Waals surface area contributed by atoms with Gasteiger partial charge >= 0.3 is 0 Å². The van der Waals surface area contributed by atoms with E-state index in [2.05, 4.69) is 4.90 Å². The van der Waals surface area contributed by atoms with Gasteiger partial charge in [-0.25, -0.2) is 0 Å². The molecule has 0 spiro atoms. The van der Waals surface area contributed by atoms with E-state index in [1.807, 2.05) is 13.1 Å². The number of phenols is 1. The first kappa shape index (κ1) is 17.8. The predicted octanol–water partition coefficient (Wildman–Crippen LogP) is 1.93. The molecule has 27 heavy (non-hydrogen) atoms. The van der Waals surface area contributed by atoms with Crippen LogP contribution in [0, 0.1) is 16.0 Å². The molecule has 1 saturated heterocycles. The highest BCUT2D eigenvalue weighted by Gasteiger charge is 2.58. The smallest absolute Gasteiger partial charge is 0.276 e. The number of methoxy groups -OCH3 is 2. The highest BCUT2D eigenvalue weighted by molar-refractivity contribution is 5.96. The number of likely N-dealkylation sites (tertiary alicyclic amines) is 1. The van der Waals surface area contributed by atoms with Crippen molar-refractivity contribution in [3.8, 4) is 11.5 Å². The van der Waals surface area contributed by atoms with Crippen LogP contribution < -0.4 is 4.74 Å². The Hall–Kier alpha value is -2.61. The third-order valence-electron chi connectivity index (χ3n) is 6.51. The van der Waals surface area contributed by atoms with Crippen LogP contribution in [0.25, 0.3) is 0 Å². The van der Waals surface area contributed by atoms with Crippen LogP contribution in [0.3, 0.4) is 0 Å². The highest BCUT2D eigenvalue weighted by atomic mass is 16.6. The molecule has 2 unspecified atom stereocenters. The van der Waals surface area contributed by atoms with E-state index >= 15 is 0 Å². The molecule has 1 heterocycles. The number of ether oxygens (including phenoxy) is 2. The Morgan fingerprint density at radius 2 is 2.11 bits per heavy atom. The number of benzene rings is 1. The van der Waals surface area contributed by atoms with E-state index in [0.717, 1.165) is 6.54 Å². The van der Waals surface area contributed by atoms with Crippen LogP contribution in [0.4, 0.5) is 5.69 Å². The number of fused-ring (bicyclic) bond motifs is 1. The van der Waals surface area contributed by atoms with Crippen LogP contribution in [0.15, 0.2) is 17.9 Å². The van der Waals surface area contributed by atoms with Crippen molar-refractivity contribution in [1.29, 1.82) is 0 Å². The van der Waals surface area contributed by atoms with Gasteiger partial charge in [-0.1, -0.05) is 0 Å². The molecule has 1 aliphatic heterocycles. The molecule has 1 aromatic rings. The number of phenolic OH excluding ortho intramolecular Hbond substituents is 1. The van der Waals surface area contributed by atoms with Gasteiger partial charge in [-0.3, -0.25) is 14.9 Å². The van der Waals surface area contributed by atoms with Gasteiger partial charge in [0.15, 0.2) is 23.0 Å². The van der Waals surface area contributed by atoms with Crippen molar-refractivity contribution in [3.63, 3.8) is 0 Å². The number of carbonyl (C=O) groups is 1. The molecule has 2 bridgehead atoms. The Morgan fingerprint density at radius 3 is 2.74 bits per heavy atom. The maximum atomic E-state index is 12.7. The zero-order valence-corrected chi connectivity index (χ0v) is 15.5. The summed E-state index contributed by atoms with van der Waals surface area (Å²) in [7, 11) is 4.84. The molecule has 3 aliphatic rings. The lowest BCUT2D eigenvalue weighted by molar-refractivity contribution is -0.386. The van der Waals surface area contributed by atoms with E-state index < -0.39 is 10.3 Å². The number of hydrogen-bond donors (Lipinski definition) is 1. The zero-order valence-electron chi connectivity index (χ0n) is 15.5. The number of aromatic hydroxyl groups is 1. The normalized spacial score (nSPS) is 29.4. The summed E-state index contributed by atoms with van der Waals surface area (Å²) in [5.41, 5.74) is 0.260. The fourth-order valence-electron chi connectivity index (χ4n) is 5.25. The summed E-state index contributed by atoms with van der Waals surface area (Å²) in [5, 5.41) is 22.7. The molecule has 0 aromatic heterocycles. The van der Waals surface area contributed by atoms with Gasteiger partial charge in [0.2, 0.25) is 0 Å². The molecule has 1 aromatic carbocycles. The molecule has 144 valence electrons. The van der Waals surface area contributed by atoms with Crippen molar-refractivity contribution in [3.05, 3.63) is 39.1 Å². The SMILES string of the molecule is COC1=CC2C3Cc4c([N+](=O)[O-])cc(OC)c(O)c4[C@]2(CCN3C)CC1=O. The Morgan fingerprint density at radius 1 is 1.37 bits per heavy atom. The molecule has 2 aliphatic carbocycles. The van der Waals surface area contributed by atoms with Crippen molar-refractivity contribution < 1.29 is 24.3 Å². The molecule has 0 saturated carbocycles. The van der Waals surface area contributed by atoms with Gasteiger partial charge in [-0.15, -0.1) is 0 Å². The van der Waals surface area contributed by atoms with E-state index in [1.54, 1.807) is 0 Å². The summed E-state index contributed by atoms with van der Waals surface area (Å²) in [4.78, 5) is 26.2. The number of hydrogen-bond acceptors (Lipinski definition) is 7. The van der Waals surface area contributed by atoms with E-state index in [-0.39, 0.29) is 41.4 Å². The standard InChI is InChI=1S/C19H22N2O6/c1-20-5-4-19-9-14(22)15(26-2)7-11(19)13(20)6-10-12(21(24)25)8-16(27-3)18(23)17(10)19/h7-8,11,13,23H,4-6,9H2,1-3H3/t11?,13?,19-/m1/s1. The molecule has 1 fully saturated rings. The van der Waals surface area contributed by atoms with Crippen molar-refractivity contribution in [2.75, 3.05) is 27.8 Å². The van der Waals surface area contributed by atoms with E-state index in [0.29, 0.717) is 29.7 Å². The van der Waals surface area contributed by atoms with Crippen LogP contribution in [0.2, 0.25) is 0 Å². The molecular formula is C19H22N2O6. The highest BCUT2D eigenvalue weighted by Crippen LogP contribution is 2.59. The summed E-state index contributed by atoms with van der Waals surface area (Å²) in [6, 6.07) is 1.28. The number of nitro groups is 1. The van der Waals surface area contributed by atoms with Gasteiger partial charge in [0, 0.05) is 34.9 Å². The summed E-state index contributed by atoms with van der Waals surface area (Å²) < 4.78 is 10.5. The Labute approximate surface area is 156 Å². The lowest BCUT2D eigenvalue weighted by Crippen LogP contribution is -2.60. The van der Waals surface area contributed by atoms with Gasteiger partial charge in [-0.2, -0.15) is 0 Å². The van der Waals surface area contributed by atoms with Crippen LogP contribution in [-0.4, -0.2) is 54.6 Å². The number of nitro benzene ring substituents is 1. The first-order chi connectivity index (χ1) is 12.8. The van der Waals surface area contributed by atoms with E-state index in [9.17, 15) is 20.0 Å². The molecule has 1 N–H and O–H groups in total. The minimum absolute atomic E-state index is 0.00371. The number of likely N-dealkylation sites (N-methyl/N-ethyl adjacent to an activating group) is 1. The number of carbonyl (C=O) groups excluding carboxylic acids is 1. The lowest BCUT2D eigenvalue weighted by Gasteiger charge is -2.56. The lowest BCUT2D eigenvalue weighted by atomic mass is 9.53. The first-order valence-electron chi connectivity index (χ1n) is 8.91. The maximum Gasteiger partial charge on any atom is 0.276 e. The van der Waals surface area contributed by atoms with Gasteiger partial charge in [0.25, 0.3) is 5.69 Å². The maximum absolute atomic E-state index is 12.7. The third kappa shape index (κ3) is 2.29. The Bertz CT molecular complexity index is 879. The van der Waals surface area contributed by atoms with E-state index in [4.69, 9.17) is 9.47 Å². The van der Waals surface area contributed by atoms with Crippen LogP contribution in [-0.2, 0) is 21.4 Å². The zero-order chi connectivity index (χ0) is 19.5. The van der Waals surface area contributed by atoms with Gasteiger partial charge in [-0.05, 0) is 32.5 Å². The number of ketones is 1. The number of Topliss-reactive ketones (excluding diaryl/α,β-unsaturated/α-hetero) is 1. The van der Waals surface area contributed by atoms with Gasteiger partial charge < -0.3 is 19.5 Å². The number of rotatable bonds is 3. The summed E-state index contributed by atoms with van der Waals surface area (Å²) >= 11 is 0. The number of allylic oxidation sites excluding steroid dienone is 1. The Kier molecular flexibility index (Phi) is 3.92. The molecular weight excluding hydrogens is 352 g/mol. The first-order valence-corrected chi connectivity index (χ1v) is 8.91. The molecule has 4 rings (SSSR count). The van der Waals surface area contributed by atoms with Crippen molar-refractivity contribution in [1.82, 2.24) is 4.90 Å². The second-order valence-electron chi connectivity index (χ2n) is 7.58. The largest absolute Gasteiger partial charge is 0.504 e. The quantitative estimate of drug-likeness (QED) is 0.637. The van der Waals surface area contributed by atoms with Crippen molar-refractivity contribution in [2.45, 2.75) is 30.7 Å². The van der Waals surface area contributed by atoms with Crippen molar-refractivity contribution >= 4 is 11.5 Å². The third-order valence-corrected chi connectivity index (χ3v) is 6.51. The molecule has 8 nitrogen and oxygen atoms in total. The topological polar surface area (TPSA) is 102 Å². The average molecular weight is 374 g/mol. The van der Waals surface area contributed by atoms with Gasteiger partial charge in [0.05, 0.1) is 25.2 Å². The average Bonchev–Trinajstić information content (AvgIpc) is 2.63. The van der Waals surface area contributed by atoms with Crippen molar-refractivity contribution in [2.24, 2.45) is 5.92 Å². The summed E-state index contributed by atoms with van der Waals surface area (Å²) in [5.74, 6) is 0.0909. The van der Waals surface area contributed by atoms with Crippen LogP contribution in [0.1, 0.15) is 24.0 Å². The summed E-state index contributed by atoms with van der Waals surface area (Å²) in [6.07, 6.45) is 3.05.